The number of nitrogens with one attached hydrogen (secondary N) is 2. The number of esters is 1. The van der Waals surface area contributed by atoms with Crippen LogP contribution in [0.4, 0.5) is 16.2 Å². The Balaban J connectivity index is 1.73. The highest BCUT2D eigenvalue weighted by Crippen LogP contribution is 2.39. The van der Waals surface area contributed by atoms with Crippen molar-refractivity contribution in [3.8, 4) is 16.9 Å². The molecule has 3 aromatic carbocycles. The van der Waals surface area contributed by atoms with Gasteiger partial charge in [0.2, 0.25) is 0 Å². The van der Waals surface area contributed by atoms with Crippen LogP contribution < -0.4 is 15.4 Å². The van der Waals surface area contributed by atoms with E-state index in [4.69, 9.17) is 16.3 Å². The Morgan fingerprint density at radius 3 is 2.26 bits per heavy atom. The summed E-state index contributed by atoms with van der Waals surface area (Å²) in [7, 11) is 0. The molecule has 0 saturated carbocycles. The average molecular weight is 488 g/mol. The van der Waals surface area contributed by atoms with Gasteiger partial charge in [-0.2, -0.15) is 0 Å². The van der Waals surface area contributed by atoms with Gasteiger partial charge >= 0.3 is 12.0 Å². The number of pyridine rings is 1. The number of carbonyl (C=O) groups is 2. The van der Waals surface area contributed by atoms with Gasteiger partial charge in [0, 0.05) is 34.1 Å². The summed E-state index contributed by atoms with van der Waals surface area (Å²) in [6, 6.07) is 14.8. The average Bonchev–Trinajstić information content (AvgIpc) is 2.76. The minimum atomic E-state index is -0.428. The number of hydrogen-bond acceptors (Lipinski definition) is 4. The molecule has 0 aliphatic heterocycles. The number of nitrogens with zero attached hydrogens (tertiary/aromatic N) is 1. The van der Waals surface area contributed by atoms with E-state index in [1.54, 1.807) is 18.3 Å². The molecule has 1 heterocycles. The third-order valence-corrected chi connectivity index (χ3v) is 5.99. The van der Waals surface area contributed by atoms with Crippen LogP contribution in [-0.4, -0.2) is 17.0 Å². The van der Waals surface area contributed by atoms with Crippen LogP contribution in [0.2, 0.25) is 5.02 Å². The lowest BCUT2D eigenvalue weighted by atomic mass is 9.96. The maximum atomic E-state index is 13.0. The Labute approximate surface area is 209 Å². The molecular formula is C28H26ClN3O3. The maximum absolute atomic E-state index is 13.0. The van der Waals surface area contributed by atoms with Gasteiger partial charge in [0.25, 0.3) is 0 Å². The first-order valence-electron chi connectivity index (χ1n) is 11.2. The molecule has 4 aromatic rings. The zero-order valence-electron chi connectivity index (χ0n) is 20.2. The Bertz CT molecular complexity index is 1460. The van der Waals surface area contributed by atoms with Crippen LogP contribution in [0.5, 0.6) is 5.75 Å². The number of aromatic nitrogens is 1. The largest absolute Gasteiger partial charge is 0.426 e. The van der Waals surface area contributed by atoms with Crippen molar-refractivity contribution in [3.63, 3.8) is 0 Å². The lowest BCUT2D eigenvalue weighted by molar-refractivity contribution is -0.131. The van der Waals surface area contributed by atoms with Gasteiger partial charge in [-0.15, -0.1) is 0 Å². The van der Waals surface area contributed by atoms with E-state index in [0.29, 0.717) is 22.1 Å². The summed E-state index contributed by atoms with van der Waals surface area (Å²) in [6.45, 7) is 9.04. The molecule has 4 rings (SSSR count). The molecule has 1 aromatic heterocycles. The molecule has 35 heavy (non-hydrogen) atoms. The molecular weight excluding hydrogens is 462 g/mol. The van der Waals surface area contributed by atoms with Crippen molar-refractivity contribution < 1.29 is 14.3 Å². The zero-order chi connectivity index (χ0) is 25.3. The van der Waals surface area contributed by atoms with Crippen LogP contribution in [0.25, 0.3) is 22.0 Å². The number of hydrogen-bond donors (Lipinski definition) is 2. The van der Waals surface area contributed by atoms with Gasteiger partial charge in [-0.1, -0.05) is 41.4 Å². The van der Waals surface area contributed by atoms with Crippen LogP contribution in [0.1, 0.15) is 29.2 Å². The summed E-state index contributed by atoms with van der Waals surface area (Å²) in [5.41, 5.74) is 7.19. The molecule has 2 N–H and O–H groups in total. The first kappa shape index (κ1) is 24.2. The molecule has 0 atom stereocenters. The van der Waals surface area contributed by atoms with Gasteiger partial charge in [0.1, 0.15) is 5.75 Å². The molecule has 6 nitrogen and oxygen atoms in total. The van der Waals surface area contributed by atoms with E-state index in [-0.39, 0.29) is 0 Å². The smallest absolute Gasteiger partial charge is 0.323 e. The SMILES string of the molecule is CC(=O)Oc1c(C)cc(NC(=O)Nc2cnc3c(C)cc(C)cc3c2-c2ccccc2Cl)cc1C. The lowest BCUT2D eigenvalue weighted by Gasteiger charge is -2.17. The van der Waals surface area contributed by atoms with Gasteiger partial charge in [0.05, 0.1) is 17.4 Å². The first-order valence-corrected chi connectivity index (χ1v) is 11.5. The third-order valence-electron chi connectivity index (χ3n) is 5.66. The Hall–Kier alpha value is -3.90. The van der Waals surface area contributed by atoms with Crippen LogP contribution in [0.3, 0.4) is 0 Å². The number of rotatable bonds is 4. The standard InChI is InChI=1S/C28H26ClN3O3/c1-15-10-16(2)26-22(11-15)25(21-8-6-7-9-23(21)29)24(14-30-26)32-28(34)31-20-12-17(3)27(18(4)13-20)35-19(5)33/h6-14H,1-5H3,(H2,31,32,34). The number of anilines is 2. The highest BCUT2D eigenvalue weighted by atomic mass is 35.5. The summed E-state index contributed by atoms with van der Waals surface area (Å²) in [6.07, 6.45) is 1.66. The number of fused-ring (bicyclic) bond motifs is 1. The van der Waals surface area contributed by atoms with Crippen LogP contribution in [0, 0.1) is 27.7 Å². The van der Waals surface area contributed by atoms with Crippen molar-refractivity contribution in [1.82, 2.24) is 4.98 Å². The Kier molecular flexibility index (Phi) is 6.76. The number of urea groups is 1. The molecule has 0 spiro atoms. The predicted molar refractivity (Wildman–Crippen MR) is 142 cm³/mol. The topological polar surface area (TPSA) is 80.3 Å². The van der Waals surface area contributed by atoms with E-state index in [0.717, 1.165) is 44.3 Å². The second-order valence-electron chi connectivity index (χ2n) is 8.62. The summed E-state index contributed by atoms with van der Waals surface area (Å²) in [4.78, 5) is 29.0. The quantitative estimate of drug-likeness (QED) is 0.233. The van der Waals surface area contributed by atoms with Gasteiger partial charge in [0.15, 0.2) is 0 Å². The highest BCUT2D eigenvalue weighted by Gasteiger charge is 2.18. The highest BCUT2D eigenvalue weighted by molar-refractivity contribution is 6.34. The lowest BCUT2D eigenvalue weighted by Crippen LogP contribution is -2.20. The number of amides is 2. The third kappa shape index (κ3) is 5.12. The fourth-order valence-corrected chi connectivity index (χ4v) is 4.55. The number of aryl methyl sites for hydroxylation is 4. The van der Waals surface area contributed by atoms with Gasteiger partial charge in [-0.25, -0.2) is 4.79 Å². The molecule has 0 radical (unpaired) electrons. The Morgan fingerprint density at radius 1 is 0.914 bits per heavy atom. The number of carbonyl (C=O) groups excluding carboxylic acids is 2. The van der Waals surface area contributed by atoms with E-state index in [2.05, 4.69) is 27.8 Å². The molecule has 0 aliphatic rings. The van der Waals surface area contributed by atoms with Crippen LogP contribution in [0.15, 0.2) is 54.7 Å². The Morgan fingerprint density at radius 2 is 1.60 bits per heavy atom. The van der Waals surface area contributed by atoms with Crippen molar-refractivity contribution in [1.29, 1.82) is 0 Å². The van der Waals surface area contributed by atoms with Crippen molar-refractivity contribution in [3.05, 3.63) is 82.0 Å². The molecule has 0 aliphatic carbocycles. The van der Waals surface area contributed by atoms with Crippen molar-refractivity contribution in [2.75, 3.05) is 10.6 Å². The zero-order valence-corrected chi connectivity index (χ0v) is 21.0. The molecule has 0 bridgehead atoms. The minimum absolute atomic E-state index is 0.393. The fraction of sp³-hybridized carbons (Fsp3) is 0.179. The minimum Gasteiger partial charge on any atom is -0.426 e. The monoisotopic (exact) mass is 487 g/mol. The maximum Gasteiger partial charge on any atom is 0.323 e. The van der Waals surface area contributed by atoms with E-state index in [1.165, 1.54) is 6.92 Å². The van der Waals surface area contributed by atoms with E-state index in [9.17, 15) is 9.59 Å². The van der Waals surface area contributed by atoms with Crippen molar-refractivity contribution >= 4 is 45.9 Å². The summed E-state index contributed by atoms with van der Waals surface area (Å²) < 4.78 is 5.28. The number of benzene rings is 3. The molecule has 178 valence electrons. The summed E-state index contributed by atoms with van der Waals surface area (Å²) >= 11 is 6.58. The second kappa shape index (κ2) is 9.76. The predicted octanol–water partition coefficient (Wildman–Crippen LogP) is 7.36. The van der Waals surface area contributed by atoms with E-state index >= 15 is 0 Å². The second-order valence-corrected chi connectivity index (χ2v) is 9.02. The van der Waals surface area contributed by atoms with Crippen LogP contribution >= 0.6 is 11.6 Å². The van der Waals surface area contributed by atoms with Crippen molar-refractivity contribution in [2.45, 2.75) is 34.6 Å². The van der Waals surface area contributed by atoms with Crippen molar-refractivity contribution in [2.24, 2.45) is 0 Å². The van der Waals surface area contributed by atoms with Gasteiger partial charge in [-0.3, -0.25) is 9.78 Å². The summed E-state index contributed by atoms with van der Waals surface area (Å²) in [5.74, 6) is 0.102. The molecule has 0 saturated heterocycles. The summed E-state index contributed by atoms with van der Waals surface area (Å²) in [5, 5.41) is 7.30. The number of ether oxygens (including phenoxy) is 1. The van der Waals surface area contributed by atoms with Gasteiger partial charge < -0.3 is 15.4 Å². The van der Waals surface area contributed by atoms with E-state index < -0.39 is 12.0 Å². The van der Waals surface area contributed by atoms with E-state index in [1.807, 2.05) is 52.0 Å². The normalized spacial score (nSPS) is 10.8. The molecule has 2 amide bonds. The number of halogens is 1. The molecule has 7 heteroatoms. The van der Waals surface area contributed by atoms with Gasteiger partial charge in [-0.05, 0) is 68.7 Å². The van der Waals surface area contributed by atoms with Crippen LogP contribution in [-0.2, 0) is 4.79 Å². The first-order chi connectivity index (χ1) is 16.6. The molecule has 0 unspecified atom stereocenters. The fourth-order valence-electron chi connectivity index (χ4n) is 4.32. The molecule has 0 fully saturated rings.